The van der Waals surface area contributed by atoms with E-state index in [2.05, 4.69) is 16.4 Å². The van der Waals surface area contributed by atoms with Gasteiger partial charge in [0.15, 0.2) is 10.2 Å². The van der Waals surface area contributed by atoms with E-state index in [9.17, 15) is 38.6 Å². The van der Waals surface area contributed by atoms with Gasteiger partial charge in [0.1, 0.15) is 12.1 Å². The summed E-state index contributed by atoms with van der Waals surface area (Å²) in [5.41, 5.74) is -4.49. The number of carbonyl (C=O) groups is 5. The number of rotatable bonds is 18. The molecule has 0 spiro atoms. The molecule has 3 aliphatic heterocycles. The Labute approximate surface area is 389 Å². The number of fused-ring (bicyclic) bond motifs is 2. The summed E-state index contributed by atoms with van der Waals surface area (Å²) < 4.78 is 58.1. The average Bonchev–Trinajstić information content (AvgIpc) is 4.00. The van der Waals surface area contributed by atoms with Crippen LogP contribution in [-0.4, -0.2) is 98.7 Å². The highest BCUT2D eigenvalue weighted by Crippen LogP contribution is 2.67. The number of aromatic amines is 1. The lowest BCUT2D eigenvalue weighted by molar-refractivity contribution is -0.146. The molecule has 5 heterocycles. The highest BCUT2D eigenvalue weighted by molar-refractivity contribution is 8.13. The van der Waals surface area contributed by atoms with Crippen LogP contribution in [0.2, 0.25) is 0 Å². The van der Waals surface area contributed by atoms with Crippen molar-refractivity contribution < 1.29 is 46.4 Å². The largest absolute Gasteiger partial charge is 0.404 e. The Morgan fingerprint density at radius 3 is 2.23 bits per heavy atom. The molecule has 3 amide bonds. The van der Waals surface area contributed by atoms with Gasteiger partial charge in [-0.2, -0.15) is 14.0 Å². The molecule has 0 unspecified atom stereocenters. The van der Waals surface area contributed by atoms with Gasteiger partial charge in [0.25, 0.3) is 5.91 Å². The lowest BCUT2D eigenvalue weighted by Gasteiger charge is -2.36. The van der Waals surface area contributed by atoms with Gasteiger partial charge in [-0.1, -0.05) is 70.1 Å². The van der Waals surface area contributed by atoms with E-state index in [0.29, 0.717) is 42.4 Å². The van der Waals surface area contributed by atoms with Crippen molar-refractivity contribution >= 4 is 80.5 Å². The van der Waals surface area contributed by atoms with E-state index >= 15 is 8.78 Å². The van der Waals surface area contributed by atoms with E-state index in [4.69, 9.17) is 9.05 Å². The Balaban J connectivity index is 1.15. The van der Waals surface area contributed by atoms with E-state index in [-0.39, 0.29) is 99.1 Å². The number of amides is 3. The minimum Gasteiger partial charge on any atom is -0.340 e. The average molecular weight is 976 g/mol. The standard InChI is InChI=1S/C45H56F2N5O9PS3/c1-27(2)19-40(54)63-17-15-60-62(59,61-16-18-64-41(55)20-28(3)4)45(46,47)32-9-12-37-30(21-32)22-38(65-37)42(56)50-35-8-6-5-7-33-10-11-36(52(33)43(35)57)44(58)51-25-31(24-48)34(26-51)29-13-14-49-39(53)23-29/h9,12-14,21-23,27-28,31,33-36H,5-8,10-11,15-20,25-26H2,1-4H3,(H,49,53)(H,50,56)/t31-,33+,34+,35+,36+/m1/s1. The van der Waals surface area contributed by atoms with E-state index in [0.717, 1.165) is 53.4 Å². The zero-order valence-corrected chi connectivity index (χ0v) is 40.3. The van der Waals surface area contributed by atoms with Crippen LogP contribution in [0.5, 0.6) is 0 Å². The fourth-order valence-electron chi connectivity index (χ4n) is 8.60. The third-order valence-corrected chi connectivity index (χ3v) is 16.6. The highest BCUT2D eigenvalue weighted by atomic mass is 32.2. The van der Waals surface area contributed by atoms with Gasteiger partial charge in [0, 0.05) is 71.9 Å². The van der Waals surface area contributed by atoms with Gasteiger partial charge in [0.2, 0.25) is 17.4 Å². The van der Waals surface area contributed by atoms with Crippen molar-refractivity contribution in [2.75, 3.05) is 37.8 Å². The van der Waals surface area contributed by atoms with Crippen molar-refractivity contribution in [3.05, 3.63) is 69.0 Å². The van der Waals surface area contributed by atoms with Gasteiger partial charge in [0.05, 0.1) is 30.1 Å². The third kappa shape index (κ3) is 12.4. The van der Waals surface area contributed by atoms with Crippen LogP contribution >= 0.6 is 42.5 Å². The van der Waals surface area contributed by atoms with Gasteiger partial charge in [-0.15, -0.1) is 11.3 Å². The number of nitrogens with zero attached hydrogens (tertiary/aromatic N) is 3. The Morgan fingerprint density at radius 1 is 0.938 bits per heavy atom. The number of H-pyrrole nitrogens is 1. The summed E-state index contributed by atoms with van der Waals surface area (Å²) in [6.45, 7) is 6.96. The fourth-order valence-corrected chi connectivity index (χ4v) is 13.0. The highest BCUT2D eigenvalue weighted by Gasteiger charge is 2.55. The number of likely N-dealkylation sites (tertiary alicyclic amines) is 1. The molecule has 20 heteroatoms. The SMILES string of the molecule is CC(C)CC(=O)SCCOP(=O)(OCCSC(=O)CC(C)C)C(F)(F)c1ccc2sc(C(=O)N[C@H]3CCCC[C@H]4CC[C@@H](C(=O)N5C[C@@H](C#N)[C@H](c6cc[nH]c(=O)c6)C5)N4C3=O)cc2c1. The summed E-state index contributed by atoms with van der Waals surface area (Å²) in [5, 5.41) is 12.8. The van der Waals surface area contributed by atoms with Crippen molar-refractivity contribution in [3.63, 3.8) is 0 Å². The third-order valence-electron chi connectivity index (χ3n) is 11.7. The summed E-state index contributed by atoms with van der Waals surface area (Å²) in [6, 6.07) is 8.49. The number of hydrogen-bond acceptors (Lipinski definition) is 13. The molecule has 65 heavy (non-hydrogen) atoms. The number of hydrogen-bond donors (Lipinski definition) is 2. The van der Waals surface area contributed by atoms with Crippen LogP contribution in [0, 0.1) is 29.1 Å². The summed E-state index contributed by atoms with van der Waals surface area (Å²) in [6.07, 6.45) is 5.56. The van der Waals surface area contributed by atoms with E-state index in [1.165, 1.54) is 24.4 Å². The van der Waals surface area contributed by atoms with Crippen LogP contribution in [0.1, 0.15) is 106 Å². The summed E-state index contributed by atoms with van der Waals surface area (Å²) in [5.74, 6) is -2.02. The molecule has 0 radical (unpaired) electrons. The molecule has 0 bridgehead atoms. The van der Waals surface area contributed by atoms with Gasteiger partial charge in [-0.05, 0) is 72.7 Å². The second-order valence-electron chi connectivity index (χ2n) is 17.6. The second-order valence-corrected chi connectivity index (χ2v) is 23.0. The minimum atomic E-state index is -5.26. The van der Waals surface area contributed by atoms with Gasteiger partial charge < -0.3 is 29.1 Å². The number of nitriles is 1. The molecule has 14 nitrogen and oxygen atoms in total. The predicted molar refractivity (Wildman–Crippen MR) is 248 cm³/mol. The number of aromatic nitrogens is 1. The zero-order chi connectivity index (χ0) is 47.1. The monoisotopic (exact) mass is 975 g/mol. The molecular formula is C45H56F2N5O9PS3. The number of thiophene rings is 1. The molecule has 5 atom stereocenters. The molecule has 3 aliphatic rings. The Bertz CT molecular complexity index is 2350. The van der Waals surface area contributed by atoms with Crippen molar-refractivity contribution in [2.24, 2.45) is 17.8 Å². The Morgan fingerprint density at radius 2 is 1.60 bits per heavy atom. The van der Waals surface area contributed by atoms with Crippen molar-refractivity contribution in [1.82, 2.24) is 20.1 Å². The number of benzene rings is 1. The van der Waals surface area contributed by atoms with Crippen LogP contribution in [-0.2, 0) is 38.5 Å². The maximum Gasteiger partial charge on any atom is 0.404 e. The minimum absolute atomic E-state index is 0.0297. The molecule has 3 saturated heterocycles. The molecule has 0 saturated carbocycles. The number of pyridine rings is 1. The summed E-state index contributed by atoms with van der Waals surface area (Å²) >= 11 is 2.82. The Hall–Kier alpha value is -3.92. The van der Waals surface area contributed by atoms with E-state index in [1.54, 1.807) is 15.9 Å². The molecule has 0 aliphatic carbocycles. The molecule has 2 aromatic heterocycles. The molecule has 3 aromatic rings. The fraction of sp³-hybridized carbons (Fsp3) is 0.578. The van der Waals surface area contributed by atoms with Crippen LogP contribution in [0.15, 0.2) is 47.4 Å². The van der Waals surface area contributed by atoms with Crippen LogP contribution in [0.25, 0.3) is 10.1 Å². The van der Waals surface area contributed by atoms with Gasteiger partial charge in [-0.3, -0.25) is 33.3 Å². The first-order valence-corrected chi connectivity index (χ1v) is 26.4. The molecule has 1 aromatic carbocycles. The maximum atomic E-state index is 16.4. The Kier molecular flexibility index (Phi) is 17.3. The quantitative estimate of drug-likeness (QED) is 0.0916. The number of thioether (sulfide) groups is 2. The molecule has 2 N–H and O–H groups in total. The topological polar surface area (TPSA) is 196 Å². The van der Waals surface area contributed by atoms with E-state index in [1.807, 2.05) is 27.7 Å². The van der Waals surface area contributed by atoms with Crippen molar-refractivity contribution in [3.8, 4) is 6.07 Å². The maximum absolute atomic E-state index is 16.4. The zero-order valence-electron chi connectivity index (χ0n) is 36.9. The lowest BCUT2D eigenvalue weighted by atomic mass is 9.91. The normalized spacial score (nSPS) is 21.6. The van der Waals surface area contributed by atoms with Crippen LogP contribution < -0.4 is 10.9 Å². The molecule has 3 fully saturated rings. The first-order chi connectivity index (χ1) is 30.9. The number of nitrogens with one attached hydrogen (secondary N) is 2. The summed E-state index contributed by atoms with van der Waals surface area (Å²) in [7, 11) is -5.26. The van der Waals surface area contributed by atoms with Crippen LogP contribution in [0.4, 0.5) is 8.78 Å². The number of halogens is 2. The molecule has 352 valence electrons. The van der Waals surface area contributed by atoms with E-state index < -0.39 is 55.9 Å². The lowest BCUT2D eigenvalue weighted by Crippen LogP contribution is -2.56. The number of carbonyl (C=O) groups excluding carboxylic acids is 5. The van der Waals surface area contributed by atoms with Gasteiger partial charge >= 0.3 is 13.3 Å². The smallest absolute Gasteiger partial charge is 0.340 e. The first kappa shape index (κ1) is 50.5. The molecular weight excluding hydrogens is 920 g/mol. The predicted octanol–water partition coefficient (Wildman–Crippen LogP) is 8.27. The number of alkyl halides is 2. The molecule has 6 rings (SSSR count). The second kappa shape index (κ2) is 22.3. The summed E-state index contributed by atoms with van der Waals surface area (Å²) in [4.78, 5) is 84.8. The van der Waals surface area contributed by atoms with Crippen LogP contribution in [0.3, 0.4) is 0 Å². The van der Waals surface area contributed by atoms with Crippen molar-refractivity contribution in [2.45, 2.75) is 109 Å². The van der Waals surface area contributed by atoms with Crippen molar-refractivity contribution in [1.29, 1.82) is 5.26 Å². The van der Waals surface area contributed by atoms with Gasteiger partial charge in [-0.25, -0.2) is 0 Å². The first-order valence-electron chi connectivity index (χ1n) is 22.0.